The Hall–Kier alpha value is -1.49. The largest absolute Gasteiger partial charge is 0.481 e. The first-order valence-corrected chi connectivity index (χ1v) is 7.75. The molecule has 20 heavy (non-hydrogen) atoms. The van der Waals surface area contributed by atoms with Crippen molar-refractivity contribution in [1.82, 2.24) is 0 Å². The average molecular weight is 294 g/mol. The molecular formula is C15H18O4S. The van der Waals surface area contributed by atoms with Crippen molar-refractivity contribution in [3.8, 4) is 0 Å². The van der Waals surface area contributed by atoms with Gasteiger partial charge in [-0.15, -0.1) is 11.8 Å². The zero-order valence-electron chi connectivity index (χ0n) is 11.2. The molecule has 1 aliphatic rings. The third kappa shape index (κ3) is 4.89. The Labute approximate surface area is 122 Å². The Kier molecular flexibility index (Phi) is 5.47. The number of ether oxygens (including phenoxy) is 1. The zero-order chi connectivity index (χ0) is 14.4. The summed E-state index contributed by atoms with van der Waals surface area (Å²) in [7, 11) is 0. The highest BCUT2D eigenvalue weighted by Gasteiger charge is 2.19. The second-order valence-corrected chi connectivity index (χ2v) is 5.95. The van der Waals surface area contributed by atoms with Crippen molar-refractivity contribution in [3.63, 3.8) is 0 Å². The standard InChI is InChI=1S/C15H18O4S/c16-14(17)9-11-5-7-13(8-6-11)20-10-15(18)19-12-3-1-2-4-12/h5-8,12H,1-4,9-10H2,(H,16,17). The van der Waals surface area contributed by atoms with Gasteiger partial charge in [-0.05, 0) is 43.4 Å². The fourth-order valence-corrected chi connectivity index (χ4v) is 2.93. The lowest BCUT2D eigenvalue weighted by Crippen LogP contribution is -2.16. The van der Waals surface area contributed by atoms with Gasteiger partial charge in [-0.1, -0.05) is 12.1 Å². The molecule has 0 atom stereocenters. The summed E-state index contributed by atoms with van der Waals surface area (Å²) in [5.41, 5.74) is 0.760. The lowest BCUT2D eigenvalue weighted by molar-refractivity contribution is -0.145. The zero-order valence-corrected chi connectivity index (χ0v) is 12.0. The molecule has 2 rings (SSSR count). The van der Waals surface area contributed by atoms with Crippen LogP contribution >= 0.6 is 11.8 Å². The molecule has 0 bridgehead atoms. The van der Waals surface area contributed by atoms with E-state index in [4.69, 9.17) is 9.84 Å². The lowest BCUT2D eigenvalue weighted by Gasteiger charge is -2.10. The van der Waals surface area contributed by atoms with E-state index in [9.17, 15) is 9.59 Å². The van der Waals surface area contributed by atoms with E-state index in [1.807, 2.05) is 12.1 Å². The first-order valence-electron chi connectivity index (χ1n) is 6.76. The van der Waals surface area contributed by atoms with Crippen LogP contribution in [0.4, 0.5) is 0 Å². The number of hydrogen-bond donors (Lipinski definition) is 1. The third-order valence-electron chi connectivity index (χ3n) is 3.24. The van der Waals surface area contributed by atoms with Gasteiger partial charge in [0.1, 0.15) is 6.10 Å². The number of esters is 1. The minimum Gasteiger partial charge on any atom is -0.481 e. The van der Waals surface area contributed by atoms with Crippen LogP contribution < -0.4 is 0 Å². The second kappa shape index (κ2) is 7.33. The third-order valence-corrected chi connectivity index (χ3v) is 4.22. The van der Waals surface area contributed by atoms with Gasteiger partial charge in [0.2, 0.25) is 0 Å². The van der Waals surface area contributed by atoms with Gasteiger partial charge in [0.25, 0.3) is 0 Å². The molecule has 0 heterocycles. The number of benzene rings is 1. The van der Waals surface area contributed by atoms with E-state index in [1.165, 1.54) is 11.8 Å². The van der Waals surface area contributed by atoms with Gasteiger partial charge in [0, 0.05) is 4.90 Å². The molecule has 1 aromatic carbocycles. The summed E-state index contributed by atoms with van der Waals surface area (Å²) >= 11 is 1.42. The van der Waals surface area contributed by atoms with Crippen LogP contribution in [0.25, 0.3) is 0 Å². The van der Waals surface area contributed by atoms with E-state index in [-0.39, 0.29) is 18.5 Å². The van der Waals surface area contributed by atoms with Gasteiger partial charge in [0.05, 0.1) is 12.2 Å². The first-order chi connectivity index (χ1) is 9.63. The Morgan fingerprint density at radius 2 is 1.85 bits per heavy atom. The van der Waals surface area contributed by atoms with E-state index in [0.29, 0.717) is 5.75 Å². The molecule has 1 aliphatic carbocycles. The first kappa shape index (κ1) is 14.9. The van der Waals surface area contributed by atoms with Crippen LogP contribution in [0.15, 0.2) is 29.2 Å². The number of thioether (sulfide) groups is 1. The molecule has 0 radical (unpaired) electrons. The van der Waals surface area contributed by atoms with Crippen LogP contribution in [-0.4, -0.2) is 28.9 Å². The quantitative estimate of drug-likeness (QED) is 0.645. The number of aliphatic carboxylic acids is 1. The molecule has 0 aliphatic heterocycles. The number of carbonyl (C=O) groups is 2. The highest BCUT2D eigenvalue weighted by Crippen LogP contribution is 2.23. The summed E-state index contributed by atoms with van der Waals surface area (Å²) in [6.07, 6.45) is 4.41. The fourth-order valence-electron chi connectivity index (χ4n) is 2.25. The molecule has 4 nitrogen and oxygen atoms in total. The van der Waals surface area contributed by atoms with E-state index >= 15 is 0 Å². The van der Waals surface area contributed by atoms with E-state index in [0.717, 1.165) is 36.1 Å². The van der Waals surface area contributed by atoms with E-state index in [2.05, 4.69) is 0 Å². The predicted octanol–water partition coefficient (Wildman–Crippen LogP) is 2.89. The lowest BCUT2D eigenvalue weighted by atomic mass is 10.2. The molecule has 0 spiro atoms. The van der Waals surface area contributed by atoms with Crippen LogP contribution in [-0.2, 0) is 20.7 Å². The Morgan fingerprint density at radius 1 is 1.20 bits per heavy atom. The molecule has 0 unspecified atom stereocenters. The van der Waals surface area contributed by atoms with Crippen molar-refractivity contribution in [1.29, 1.82) is 0 Å². The van der Waals surface area contributed by atoms with Gasteiger partial charge in [-0.3, -0.25) is 9.59 Å². The van der Waals surface area contributed by atoms with Crippen LogP contribution in [0.3, 0.4) is 0 Å². The van der Waals surface area contributed by atoms with E-state index < -0.39 is 5.97 Å². The summed E-state index contributed by atoms with van der Waals surface area (Å²) in [5.74, 6) is -0.712. The molecule has 0 amide bonds. The second-order valence-electron chi connectivity index (χ2n) is 4.90. The number of rotatable bonds is 6. The molecule has 1 fully saturated rings. The van der Waals surface area contributed by atoms with E-state index in [1.54, 1.807) is 12.1 Å². The van der Waals surface area contributed by atoms with Crippen molar-refractivity contribution in [3.05, 3.63) is 29.8 Å². The maximum atomic E-state index is 11.7. The maximum absolute atomic E-state index is 11.7. The number of carboxylic acids is 1. The SMILES string of the molecule is O=C(O)Cc1ccc(SCC(=O)OC2CCCC2)cc1. The van der Waals surface area contributed by atoms with Gasteiger partial charge in [0.15, 0.2) is 0 Å². The molecule has 0 saturated heterocycles. The van der Waals surface area contributed by atoms with Gasteiger partial charge in [-0.2, -0.15) is 0 Å². The van der Waals surface area contributed by atoms with Crippen molar-refractivity contribution < 1.29 is 19.4 Å². The van der Waals surface area contributed by atoms with Crippen molar-refractivity contribution in [2.45, 2.75) is 43.1 Å². The summed E-state index contributed by atoms with van der Waals surface area (Å²) in [4.78, 5) is 23.2. The number of hydrogen-bond acceptors (Lipinski definition) is 4. The summed E-state index contributed by atoms with van der Waals surface area (Å²) in [6.45, 7) is 0. The van der Waals surface area contributed by atoms with Gasteiger partial charge < -0.3 is 9.84 Å². The highest BCUT2D eigenvalue weighted by atomic mass is 32.2. The van der Waals surface area contributed by atoms with Crippen molar-refractivity contribution in [2.75, 3.05) is 5.75 Å². The highest BCUT2D eigenvalue weighted by molar-refractivity contribution is 8.00. The minimum absolute atomic E-state index is 0.0225. The van der Waals surface area contributed by atoms with Gasteiger partial charge in [-0.25, -0.2) is 0 Å². The Bertz CT molecular complexity index is 463. The van der Waals surface area contributed by atoms with Crippen LogP contribution in [0.2, 0.25) is 0 Å². The van der Waals surface area contributed by atoms with Crippen LogP contribution in [0.1, 0.15) is 31.2 Å². The topological polar surface area (TPSA) is 63.6 Å². The van der Waals surface area contributed by atoms with Crippen LogP contribution in [0, 0.1) is 0 Å². The molecule has 1 saturated carbocycles. The normalized spacial score (nSPS) is 15.2. The van der Waals surface area contributed by atoms with Crippen molar-refractivity contribution in [2.24, 2.45) is 0 Å². The predicted molar refractivity (Wildman–Crippen MR) is 76.9 cm³/mol. The monoisotopic (exact) mass is 294 g/mol. The Balaban J connectivity index is 1.75. The molecule has 1 N–H and O–H groups in total. The molecule has 0 aromatic heterocycles. The van der Waals surface area contributed by atoms with Crippen molar-refractivity contribution >= 4 is 23.7 Å². The molecule has 108 valence electrons. The summed E-state index contributed by atoms with van der Waals surface area (Å²) in [6, 6.07) is 7.23. The summed E-state index contributed by atoms with van der Waals surface area (Å²) in [5, 5.41) is 8.68. The smallest absolute Gasteiger partial charge is 0.316 e. The number of carboxylic acid groups (broad SMARTS) is 1. The van der Waals surface area contributed by atoms with Gasteiger partial charge >= 0.3 is 11.9 Å². The molecule has 1 aromatic rings. The minimum atomic E-state index is -0.842. The number of carbonyl (C=O) groups excluding carboxylic acids is 1. The average Bonchev–Trinajstić information content (AvgIpc) is 2.90. The molecule has 5 heteroatoms. The maximum Gasteiger partial charge on any atom is 0.316 e. The van der Waals surface area contributed by atoms with Crippen LogP contribution in [0.5, 0.6) is 0 Å². The Morgan fingerprint density at radius 3 is 2.45 bits per heavy atom. The fraction of sp³-hybridized carbons (Fsp3) is 0.467. The molecular weight excluding hydrogens is 276 g/mol. The summed E-state index contributed by atoms with van der Waals surface area (Å²) < 4.78 is 5.37.